The van der Waals surface area contributed by atoms with Crippen LogP contribution in [-0.4, -0.2) is 30.7 Å². The van der Waals surface area contributed by atoms with Crippen molar-refractivity contribution in [2.24, 2.45) is 5.41 Å². The van der Waals surface area contributed by atoms with Gasteiger partial charge in [-0.25, -0.2) is 0 Å². The van der Waals surface area contributed by atoms with Gasteiger partial charge in [0.1, 0.15) is 0 Å². The number of hydrogen-bond donors (Lipinski definition) is 0. The van der Waals surface area contributed by atoms with Crippen LogP contribution in [0, 0.1) is 16.7 Å². The fourth-order valence-corrected chi connectivity index (χ4v) is 4.11. The highest BCUT2D eigenvalue weighted by Crippen LogP contribution is 2.38. The molecule has 0 unspecified atom stereocenters. The molecule has 5 heteroatoms. The van der Waals surface area contributed by atoms with Crippen LogP contribution in [0.3, 0.4) is 0 Å². The van der Waals surface area contributed by atoms with Crippen LogP contribution in [0.25, 0.3) is 0 Å². The van der Waals surface area contributed by atoms with Gasteiger partial charge in [0.05, 0.1) is 17.2 Å². The summed E-state index contributed by atoms with van der Waals surface area (Å²) >= 11 is 0. The third-order valence-corrected chi connectivity index (χ3v) is 5.41. The molecule has 5 nitrogen and oxygen atoms in total. The third-order valence-electron chi connectivity index (χ3n) is 5.41. The number of carbonyl (C=O) groups is 1. The number of fused-ring (bicyclic) bond motifs is 1. The normalized spacial score (nSPS) is 21.0. The first-order valence-electron chi connectivity index (χ1n) is 9.25. The fourth-order valence-electron chi connectivity index (χ4n) is 4.11. The van der Waals surface area contributed by atoms with E-state index in [9.17, 15) is 10.1 Å². The second kappa shape index (κ2) is 6.96. The van der Waals surface area contributed by atoms with Gasteiger partial charge in [0, 0.05) is 13.1 Å². The van der Waals surface area contributed by atoms with E-state index in [0.29, 0.717) is 17.7 Å². The predicted molar refractivity (Wildman–Crippen MR) is 101 cm³/mol. The van der Waals surface area contributed by atoms with Crippen molar-refractivity contribution in [1.82, 2.24) is 4.90 Å². The molecule has 1 amide bonds. The van der Waals surface area contributed by atoms with Crippen molar-refractivity contribution in [3.8, 4) is 17.6 Å². The zero-order chi connectivity index (χ0) is 18.9. The average Bonchev–Trinajstić information content (AvgIpc) is 3.15. The Balaban J connectivity index is 1.51. The van der Waals surface area contributed by atoms with Gasteiger partial charge < -0.3 is 14.4 Å². The number of nitriles is 1. The van der Waals surface area contributed by atoms with E-state index in [1.165, 1.54) is 5.56 Å². The molecule has 2 aliphatic rings. The summed E-state index contributed by atoms with van der Waals surface area (Å²) in [6, 6.07) is 15.2. The largest absolute Gasteiger partial charge is 0.454 e. The van der Waals surface area contributed by atoms with Crippen molar-refractivity contribution in [1.29, 1.82) is 5.26 Å². The Kier molecular flexibility index (Phi) is 4.49. The number of carbonyl (C=O) groups excluding carboxylic acids is 1. The third kappa shape index (κ3) is 3.48. The molecule has 0 aromatic heterocycles. The summed E-state index contributed by atoms with van der Waals surface area (Å²) in [6.07, 6.45) is 2.89. The number of ether oxygens (including phenoxy) is 2. The van der Waals surface area contributed by atoms with Crippen molar-refractivity contribution >= 4 is 5.91 Å². The van der Waals surface area contributed by atoms with Crippen LogP contribution >= 0.6 is 0 Å². The maximum atomic E-state index is 13.0. The molecule has 0 saturated carbocycles. The molecule has 27 heavy (non-hydrogen) atoms. The number of hydrogen-bond acceptors (Lipinski definition) is 4. The van der Waals surface area contributed by atoms with E-state index in [0.717, 1.165) is 37.3 Å². The van der Waals surface area contributed by atoms with Gasteiger partial charge >= 0.3 is 0 Å². The molecule has 1 atom stereocenters. The zero-order valence-corrected chi connectivity index (χ0v) is 15.4. The predicted octanol–water partition coefficient (Wildman–Crippen LogP) is 3.77. The Morgan fingerprint density at radius 2 is 2.04 bits per heavy atom. The maximum Gasteiger partial charge on any atom is 0.255 e. The van der Waals surface area contributed by atoms with Crippen molar-refractivity contribution < 1.29 is 14.3 Å². The van der Waals surface area contributed by atoms with Crippen molar-refractivity contribution in [2.75, 3.05) is 19.9 Å². The first kappa shape index (κ1) is 17.4. The molecule has 0 radical (unpaired) electrons. The summed E-state index contributed by atoms with van der Waals surface area (Å²) in [5, 5.41) is 9.30. The summed E-state index contributed by atoms with van der Waals surface area (Å²) in [6.45, 7) is 3.92. The molecule has 0 spiro atoms. The van der Waals surface area contributed by atoms with Gasteiger partial charge in [0.15, 0.2) is 11.5 Å². The van der Waals surface area contributed by atoms with Gasteiger partial charge in [0.2, 0.25) is 6.79 Å². The number of rotatable bonds is 3. The van der Waals surface area contributed by atoms with E-state index in [1.807, 2.05) is 23.1 Å². The number of piperidine rings is 1. The van der Waals surface area contributed by atoms with E-state index < -0.39 is 0 Å². The molecule has 138 valence electrons. The quantitative estimate of drug-likeness (QED) is 0.834. The standard InChI is InChI=1S/C22H22N2O3/c1-22(12-16-7-8-19-20(11-16)27-15-26-19)9-4-10-24(14-22)21(25)18-6-3-2-5-17(18)13-23/h2-3,5-8,11H,4,9-10,12,14-15H2,1H3/t22-/m1/s1. The molecule has 2 heterocycles. The first-order chi connectivity index (χ1) is 13.1. The highest BCUT2D eigenvalue weighted by atomic mass is 16.7. The summed E-state index contributed by atoms with van der Waals surface area (Å²) in [5.74, 6) is 1.53. The minimum absolute atomic E-state index is 0.0107. The molecule has 4 rings (SSSR count). The Bertz CT molecular complexity index is 918. The second-order valence-electron chi connectivity index (χ2n) is 7.66. The average molecular weight is 362 g/mol. The summed E-state index contributed by atoms with van der Waals surface area (Å²) < 4.78 is 10.9. The van der Waals surface area contributed by atoms with Gasteiger partial charge in [-0.3, -0.25) is 4.79 Å². The molecular weight excluding hydrogens is 340 g/mol. The van der Waals surface area contributed by atoms with Gasteiger partial charge in [0.25, 0.3) is 5.91 Å². The Morgan fingerprint density at radius 3 is 2.89 bits per heavy atom. The second-order valence-corrected chi connectivity index (χ2v) is 7.66. The lowest BCUT2D eigenvalue weighted by molar-refractivity contribution is 0.0550. The van der Waals surface area contributed by atoms with Crippen LogP contribution in [0.4, 0.5) is 0 Å². The number of benzene rings is 2. The van der Waals surface area contributed by atoms with E-state index in [2.05, 4.69) is 19.1 Å². The smallest absolute Gasteiger partial charge is 0.255 e. The number of amides is 1. The van der Waals surface area contributed by atoms with Crippen molar-refractivity contribution in [3.05, 3.63) is 59.2 Å². The van der Waals surface area contributed by atoms with Gasteiger partial charge in [-0.05, 0) is 54.5 Å². The summed E-state index contributed by atoms with van der Waals surface area (Å²) in [5.41, 5.74) is 2.11. The molecule has 0 aliphatic carbocycles. The van der Waals surface area contributed by atoms with Gasteiger partial charge in [-0.1, -0.05) is 25.1 Å². The molecule has 0 N–H and O–H groups in total. The highest BCUT2D eigenvalue weighted by molar-refractivity contribution is 5.96. The number of likely N-dealkylation sites (tertiary alicyclic amines) is 1. The Morgan fingerprint density at radius 1 is 1.22 bits per heavy atom. The maximum absolute atomic E-state index is 13.0. The molecule has 1 fully saturated rings. The minimum Gasteiger partial charge on any atom is -0.454 e. The molecule has 1 saturated heterocycles. The van der Waals surface area contributed by atoms with E-state index in [4.69, 9.17) is 9.47 Å². The lowest BCUT2D eigenvalue weighted by Crippen LogP contribution is -2.46. The van der Waals surface area contributed by atoms with E-state index in [-0.39, 0.29) is 18.1 Å². The summed E-state index contributed by atoms with van der Waals surface area (Å²) in [4.78, 5) is 14.9. The number of nitrogens with zero attached hydrogens (tertiary/aromatic N) is 2. The van der Waals surface area contributed by atoms with Crippen LogP contribution in [0.15, 0.2) is 42.5 Å². The topological polar surface area (TPSA) is 62.6 Å². The fraction of sp³-hybridized carbons (Fsp3) is 0.364. The minimum atomic E-state index is -0.0521. The van der Waals surface area contributed by atoms with E-state index in [1.54, 1.807) is 18.2 Å². The molecule has 2 aromatic carbocycles. The Hall–Kier alpha value is -3.00. The molecule has 0 bridgehead atoms. The van der Waals surface area contributed by atoms with Crippen LogP contribution in [0.5, 0.6) is 11.5 Å². The van der Waals surface area contributed by atoms with Gasteiger partial charge in [-0.15, -0.1) is 0 Å². The van der Waals surface area contributed by atoms with Crippen LogP contribution < -0.4 is 9.47 Å². The van der Waals surface area contributed by atoms with E-state index >= 15 is 0 Å². The van der Waals surface area contributed by atoms with Gasteiger partial charge in [-0.2, -0.15) is 5.26 Å². The van der Waals surface area contributed by atoms with Crippen LogP contribution in [0.1, 0.15) is 41.3 Å². The Labute approximate surface area is 159 Å². The molecule has 2 aliphatic heterocycles. The zero-order valence-electron chi connectivity index (χ0n) is 15.4. The lowest BCUT2D eigenvalue weighted by atomic mass is 9.76. The van der Waals surface area contributed by atoms with Crippen molar-refractivity contribution in [3.63, 3.8) is 0 Å². The lowest BCUT2D eigenvalue weighted by Gasteiger charge is -2.41. The highest BCUT2D eigenvalue weighted by Gasteiger charge is 2.34. The van der Waals surface area contributed by atoms with Crippen LogP contribution in [0.2, 0.25) is 0 Å². The molecule has 2 aromatic rings. The SMILES string of the molecule is C[C@]1(Cc2ccc3c(c2)OCO3)CCCN(C(=O)c2ccccc2C#N)C1. The first-order valence-corrected chi connectivity index (χ1v) is 9.25. The molecular formula is C22H22N2O3. The van der Waals surface area contributed by atoms with Crippen molar-refractivity contribution in [2.45, 2.75) is 26.2 Å². The summed E-state index contributed by atoms with van der Waals surface area (Å²) in [7, 11) is 0. The van der Waals surface area contributed by atoms with Crippen LogP contribution in [-0.2, 0) is 6.42 Å². The monoisotopic (exact) mass is 362 g/mol.